The number of rotatable bonds is 8. The predicted molar refractivity (Wildman–Crippen MR) is 78.3 cm³/mol. The average molecular weight is 319 g/mol. The predicted octanol–water partition coefficient (Wildman–Crippen LogP) is 1.82. The quantitative estimate of drug-likeness (QED) is 0.448. The van der Waals surface area contributed by atoms with Crippen LogP contribution >= 0.6 is 0 Å². The zero-order valence-corrected chi connectivity index (χ0v) is 12.7. The zero-order valence-electron chi connectivity index (χ0n) is 11.9. The van der Waals surface area contributed by atoms with Crippen LogP contribution in [0.25, 0.3) is 0 Å². The lowest BCUT2D eigenvalue weighted by Crippen LogP contribution is -2.30. The Balaban J connectivity index is 2.58. The van der Waals surface area contributed by atoms with E-state index in [-0.39, 0.29) is 18.0 Å². The van der Waals surface area contributed by atoms with Crippen LogP contribution in [0.15, 0.2) is 18.2 Å². The number of halogens is 1. The van der Waals surface area contributed by atoms with E-state index in [4.69, 9.17) is 0 Å². The molecule has 0 atom stereocenters. The van der Waals surface area contributed by atoms with Gasteiger partial charge in [0.2, 0.25) is 15.8 Å². The maximum Gasteiger partial charge on any atom is 0.327 e. The fourth-order valence-electron chi connectivity index (χ4n) is 1.73. The molecule has 0 aliphatic rings. The van der Waals surface area contributed by atoms with E-state index in [0.717, 1.165) is 6.07 Å². The number of sulfonamides is 1. The third-order valence-electron chi connectivity index (χ3n) is 2.97. The van der Waals surface area contributed by atoms with Gasteiger partial charge in [-0.05, 0) is 25.5 Å². The number of para-hydroxylation sites is 1. The van der Waals surface area contributed by atoms with Crippen LogP contribution in [0.5, 0.6) is 0 Å². The minimum Gasteiger partial charge on any atom is -0.379 e. The van der Waals surface area contributed by atoms with E-state index in [1.807, 2.05) is 0 Å². The van der Waals surface area contributed by atoms with Gasteiger partial charge in [-0.2, -0.15) is 4.39 Å². The largest absolute Gasteiger partial charge is 0.379 e. The number of nitrogens with zero attached hydrogens (tertiary/aromatic N) is 2. The molecule has 0 aliphatic heterocycles. The monoisotopic (exact) mass is 319 g/mol. The second-order valence-electron chi connectivity index (χ2n) is 4.40. The molecule has 0 bridgehead atoms. The molecular weight excluding hydrogens is 301 g/mol. The fourth-order valence-corrected chi connectivity index (χ4v) is 2.58. The molecule has 0 aromatic heterocycles. The number of anilines is 1. The van der Waals surface area contributed by atoms with Crippen molar-refractivity contribution < 1.29 is 17.7 Å². The second kappa shape index (κ2) is 7.32. The maximum atomic E-state index is 13.4. The van der Waals surface area contributed by atoms with E-state index < -0.39 is 26.5 Å². The van der Waals surface area contributed by atoms with Crippen LogP contribution < -0.4 is 5.32 Å². The molecule has 1 aromatic rings. The first-order chi connectivity index (χ1) is 9.79. The van der Waals surface area contributed by atoms with Crippen LogP contribution in [0.2, 0.25) is 0 Å². The first-order valence-corrected chi connectivity index (χ1v) is 8.01. The summed E-state index contributed by atoms with van der Waals surface area (Å²) in [5.74, 6) is -0.887. The van der Waals surface area contributed by atoms with E-state index in [0.29, 0.717) is 13.0 Å². The van der Waals surface area contributed by atoms with Gasteiger partial charge in [0, 0.05) is 20.1 Å². The van der Waals surface area contributed by atoms with Crippen molar-refractivity contribution in [3.8, 4) is 0 Å². The second-order valence-corrected chi connectivity index (χ2v) is 6.76. The SMILES string of the molecule is CCS(=O)(=O)N(C)CCCNc1cccc(F)c1[N+](=O)[O-]. The standard InChI is InChI=1S/C12H18FN3O4S/c1-3-21(19,20)15(2)9-5-8-14-11-7-4-6-10(13)12(11)16(17)18/h4,6-7,14H,3,5,8-9H2,1-2H3. The molecule has 1 rings (SSSR count). The summed E-state index contributed by atoms with van der Waals surface area (Å²) in [5.41, 5.74) is -0.520. The molecular formula is C12H18FN3O4S. The highest BCUT2D eigenvalue weighted by molar-refractivity contribution is 7.89. The van der Waals surface area contributed by atoms with Crippen molar-refractivity contribution in [1.82, 2.24) is 4.31 Å². The number of nitro groups is 1. The molecule has 0 saturated heterocycles. The van der Waals surface area contributed by atoms with Gasteiger partial charge in [0.1, 0.15) is 5.69 Å². The Labute approximate surface area is 123 Å². The van der Waals surface area contributed by atoms with Crippen LogP contribution in [0.4, 0.5) is 15.8 Å². The van der Waals surface area contributed by atoms with Crippen LogP contribution in [0.3, 0.4) is 0 Å². The molecule has 0 aliphatic carbocycles. The first-order valence-electron chi connectivity index (χ1n) is 6.40. The Hall–Kier alpha value is -1.74. The molecule has 7 nitrogen and oxygen atoms in total. The molecule has 0 fully saturated rings. The summed E-state index contributed by atoms with van der Waals surface area (Å²) >= 11 is 0. The molecule has 0 saturated carbocycles. The molecule has 0 unspecified atom stereocenters. The molecule has 21 heavy (non-hydrogen) atoms. The maximum absolute atomic E-state index is 13.4. The van der Waals surface area contributed by atoms with Crippen molar-refractivity contribution in [2.24, 2.45) is 0 Å². The van der Waals surface area contributed by atoms with Gasteiger partial charge < -0.3 is 5.32 Å². The number of nitro benzene ring substituents is 1. The van der Waals surface area contributed by atoms with Gasteiger partial charge in [-0.25, -0.2) is 12.7 Å². The molecule has 118 valence electrons. The molecule has 0 spiro atoms. The lowest BCUT2D eigenvalue weighted by atomic mass is 10.2. The molecule has 0 amide bonds. The third-order valence-corrected chi connectivity index (χ3v) is 4.84. The van der Waals surface area contributed by atoms with Crippen molar-refractivity contribution in [2.75, 3.05) is 31.2 Å². The Morgan fingerprint density at radius 1 is 1.43 bits per heavy atom. The molecule has 0 radical (unpaired) electrons. The van der Waals surface area contributed by atoms with Crippen molar-refractivity contribution in [3.05, 3.63) is 34.1 Å². The van der Waals surface area contributed by atoms with Crippen LogP contribution in [-0.2, 0) is 10.0 Å². The number of nitrogens with one attached hydrogen (secondary N) is 1. The van der Waals surface area contributed by atoms with Gasteiger partial charge in [0.25, 0.3) is 0 Å². The number of benzene rings is 1. The van der Waals surface area contributed by atoms with E-state index in [1.54, 1.807) is 6.92 Å². The molecule has 9 heteroatoms. The van der Waals surface area contributed by atoms with Crippen molar-refractivity contribution >= 4 is 21.4 Å². The first kappa shape index (κ1) is 17.3. The van der Waals surface area contributed by atoms with E-state index in [9.17, 15) is 22.9 Å². The van der Waals surface area contributed by atoms with Gasteiger partial charge in [-0.3, -0.25) is 10.1 Å². The molecule has 0 heterocycles. The van der Waals surface area contributed by atoms with Gasteiger partial charge in [-0.15, -0.1) is 0 Å². The van der Waals surface area contributed by atoms with Crippen molar-refractivity contribution in [3.63, 3.8) is 0 Å². The zero-order chi connectivity index (χ0) is 16.0. The molecule has 1 aromatic carbocycles. The van der Waals surface area contributed by atoms with Gasteiger partial charge in [0.05, 0.1) is 10.7 Å². The Bertz CT molecular complexity index is 607. The van der Waals surface area contributed by atoms with Crippen LogP contribution in [-0.4, -0.2) is 43.5 Å². The summed E-state index contributed by atoms with van der Waals surface area (Å²) in [6.07, 6.45) is 0.448. The normalized spacial score (nSPS) is 11.6. The fraction of sp³-hybridized carbons (Fsp3) is 0.500. The Morgan fingerprint density at radius 2 is 2.10 bits per heavy atom. The third kappa shape index (κ3) is 4.64. The summed E-state index contributed by atoms with van der Waals surface area (Å²) in [4.78, 5) is 10.0. The van der Waals surface area contributed by atoms with Crippen molar-refractivity contribution in [1.29, 1.82) is 0 Å². The highest BCUT2D eigenvalue weighted by Gasteiger charge is 2.19. The van der Waals surface area contributed by atoms with Crippen LogP contribution in [0, 0.1) is 15.9 Å². The van der Waals surface area contributed by atoms with Gasteiger partial charge in [0.15, 0.2) is 0 Å². The summed E-state index contributed by atoms with van der Waals surface area (Å²) in [6, 6.07) is 3.80. The highest BCUT2D eigenvalue weighted by atomic mass is 32.2. The highest BCUT2D eigenvalue weighted by Crippen LogP contribution is 2.26. The minimum atomic E-state index is -3.23. The average Bonchev–Trinajstić information content (AvgIpc) is 2.42. The lowest BCUT2D eigenvalue weighted by molar-refractivity contribution is -0.386. The summed E-state index contributed by atoms with van der Waals surface area (Å²) < 4.78 is 37.6. The van der Waals surface area contributed by atoms with E-state index >= 15 is 0 Å². The van der Waals surface area contributed by atoms with E-state index in [2.05, 4.69) is 5.32 Å². The topological polar surface area (TPSA) is 92.6 Å². The Morgan fingerprint density at radius 3 is 2.67 bits per heavy atom. The number of hydrogen-bond acceptors (Lipinski definition) is 5. The Kier molecular flexibility index (Phi) is 6.03. The van der Waals surface area contributed by atoms with Gasteiger partial charge >= 0.3 is 5.69 Å². The summed E-state index contributed by atoms with van der Waals surface area (Å²) in [7, 11) is -1.76. The van der Waals surface area contributed by atoms with Gasteiger partial charge in [-0.1, -0.05) is 6.07 Å². The van der Waals surface area contributed by atoms with E-state index in [1.165, 1.54) is 23.5 Å². The number of hydrogen-bond donors (Lipinski definition) is 1. The van der Waals surface area contributed by atoms with Crippen molar-refractivity contribution in [2.45, 2.75) is 13.3 Å². The molecule has 1 N–H and O–H groups in total. The summed E-state index contributed by atoms with van der Waals surface area (Å²) in [6.45, 7) is 2.14. The smallest absolute Gasteiger partial charge is 0.327 e. The summed E-state index contributed by atoms with van der Waals surface area (Å²) in [5, 5.41) is 13.5. The van der Waals surface area contributed by atoms with Crippen LogP contribution in [0.1, 0.15) is 13.3 Å². The lowest BCUT2D eigenvalue weighted by Gasteiger charge is -2.16. The minimum absolute atomic E-state index is 0.0201.